The largest absolute Gasteiger partial charge is 0.456 e. The van der Waals surface area contributed by atoms with E-state index in [2.05, 4.69) is 218 Å². The van der Waals surface area contributed by atoms with E-state index in [1.165, 1.54) is 50.1 Å². The summed E-state index contributed by atoms with van der Waals surface area (Å²) in [5.74, 6) is 1.77. The average Bonchev–Trinajstić information content (AvgIpc) is 3.91. The zero-order valence-electron chi connectivity index (χ0n) is 36.8. The minimum Gasteiger partial charge on any atom is -0.456 e. The van der Waals surface area contributed by atoms with Gasteiger partial charge in [-0.25, -0.2) is 15.0 Å². The van der Waals surface area contributed by atoms with E-state index in [1.54, 1.807) is 0 Å². The van der Waals surface area contributed by atoms with Gasteiger partial charge in [-0.1, -0.05) is 188 Å². The maximum absolute atomic E-state index is 6.29. The van der Waals surface area contributed by atoms with Crippen LogP contribution in [0.3, 0.4) is 0 Å². The van der Waals surface area contributed by atoms with E-state index >= 15 is 0 Å². The van der Waals surface area contributed by atoms with Crippen molar-refractivity contribution in [1.29, 1.82) is 0 Å². The Hall–Kier alpha value is -8.99. The van der Waals surface area contributed by atoms with Crippen LogP contribution in [-0.2, 0) is 5.41 Å². The molecule has 0 saturated heterocycles. The third kappa shape index (κ3) is 5.77. The molecular formula is C64H39N3O. The van der Waals surface area contributed by atoms with Crippen molar-refractivity contribution in [2.75, 3.05) is 0 Å². The molecule has 0 radical (unpaired) electrons. The van der Waals surface area contributed by atoms with Crippen LogP contribution in [0.4, 0.5) is 0 Å². The molecule has 12 aromatic rings. The first-order chi connectivity index (χ1) is 33.7. The van der Waals surface area contributed by atoms with Crippen LogP contribution in [0.15, 0.2) is 241 Å². The first-order valence-corrected chi connectivity index (χ1v) is 23.2. The van der Waals surface area contributed by atoms with Crippen molar-refractivity contribution in [2.45, 2.75) is 5.41 Å². The van der Waals surface area contributed by atoms with Gasteiger partial charge in [0.05, 0.1) is 5.41 Å². The summed E-state index contributed by atoms with van der Waals surface area (Å²) in [5.41, 5.74) is 20.5. The normalized spacial score (nSPS) is 12.8. The second-order valence-corrected chi connectivity index (χ2v) is 17.8. The van der Waals surface area contributed by atoms with Gasteiger partial charge >= 0.3 is 0 Å². The zero-order valence-corrected chi connectivity index (χ0v) is 36.8. The van der Waals surface area contributed by atoms with Gasteiger partial charge in [0.15, 0.2) is 17.5 Å². The standard InChI is InChI=1S/C64H39N3O/c1-3-17-40(18-4-1)44-35-45(41-19-5-2-6-20-41)37-46(36-44)63-66-61(65-62(67-63)43-32-34-60-54(39-43)52-26-12-16-30-59(52)68-60)42-31-33-58-53(38-42)48-22-8-7-21-47(48)49-23-9-13-27-55(49)64(58)56-28-14-10-24-50(56)51-25-11-15-29-57(51)64/h1-39H. The molecular weight excluding hydrogens is 827 g/mol. The van der Waals surface area contributed by atoms with Gasteiger partial charge in [0.25, 0.3) is 0 Å². The van der Waals surface area contributed by atoms with Crippen molar-refractivity contribution in [3.05, 3.63) is 259 Å². The minimum absolute atomic E-state index is 0.583. The average molecular weight is 866 g/mol. The fraction of sp³-hybridized carbons (Fsp3) is 0.0156. The third-order valence-corrected chi connectivity index (χ3v) is 14.1. The molecule has 0 fully saturated rings. The Labute approximate surface area is 393 Å². The molecule has 2 heterocycles. The van der Waals surface area contributed by atoms with Crippen molar-refractivity contribution >= 4 is 21.9 Å². The predicted molar refractivity (Wildman–Crippen MR) is 276 cm³/mol. The number of hydrogen-bond donors (Lipinski definition) is 0. The van der Waals surface area contributed by atoms with Crippen molar-refractivity contribution < 1.29 is 4.42 Å². The minimum atomic E-state index is -0.583. The molecule has 316 valence electrons. The van der Waals surface area contributed by atoms with Gasteiger partial charge in [-0.2, -0.15) is 0 Å². The van der Waals surface area contributed by atoms with Crippen LogP contribution in [0.1, 0.15) is 22.3 Å². The van der Waals surface area contributed by atoms with E-state index in [1.807, 2.05) is 18.2 Å². The molecule has 2 aliphatic carbocycles. The highest BCUT2D eigenvalue weighted by Gasteiger charge is 2.49. The van der Waals surface area contributed by atoms with Crippen LogP contribution < -0.4 is 0 Å². The van der Waals surface area contributed by atoms with E-state index in [0.717, 1.165) is 66.4 Å². The number of furan rings is 1. The lowest BCUT2D eigenvalue weighted by atomic mass is 9.66. The van der Waals surface area contributed by atoms with Crippen molar-refractivity contribution in [3.8, 4) is 89.8 Å². The number of aromatic nitrogens is 3. The van der Waals surface area contributed by atoms with Crippen LogP contribution in [0.5, 0.6) is 0 Å². The van der Waals surface area contributed by atoms with Crippen LogP contribution >= 0.6 is 0 Å². The molecule has 0 saturated carbocycles. The Bertz CT molecular complexity index is 3880. The molecule has 14 rings (SSSR count). The third-order valence-electron chi connectivity index (χ3n) is 14.1. The predicted octanol–water partition coefficient (Wildman–Crippen LogP) is 16.1. The molecule has 0 N–H and O–H groups in total. The second kappa shape index (κ2) is 15.0. The van der Waals surface area contributed by atoms with Gasteiger partial charge in [-0.15, -0.1) is 0 Å². The summed E-state index contributed by atoms with van der Waals surface area (Å²) >= 11 is 0. The van der Waals surface area contributed by atoms with Crippen molar-refractivity contribution in [1.82, 2.24) is 15.0 Å². The molecule has 0 unspecified atom stereocenters. The molecule has 4 nitrogen and oxygen atoms in total. The van der Waals surface area contributed by atoms with Crippen molar-refractivity contribution in [2.24, 2.45) is 0 Å². The summed E-state index contributed by atoms with van der Waals surface area (Å²) in [6.07, 6.45) is 0. The van der Waals surface area contributed by atoms with E-state index in [4.69, 9.17) is 19.4 Å². The van der Waals surface area contributed by atoms with Crippen LogP contribution in [0, 0.1) is 0 Å². The number of benzene rings is 10. The molecule has 0 atom stereocenters. The fourth-order valence-electron chi connectivity index (χ4n) is 11.2. The molecule has 10 aromatic carbocycles. The van der Waals surface area contributed by atoms with E-state index in [0.29, 0.717) is 17.5 Å². The second-order valence-electron chi connectivity index (χ2n) is 17.8. The molecule has 2 aromatic heterocycles. The van der Waals surface area contributed by atoms with Gasteiger partial charge in [0.1, 0.15) is 11.2 Å². The van der Waals surface area contributed by atoms with Gasteiger partial charge in [0.2, 0.25) is 0 Å². The molecule has 4 heteroatoms. The summed E-state index contributed by atoms with van der Waals surface area (Å²) in [4.78, 5) is 16.2. The molecule has 1 spiro atoms. The molecule has 0 amide bonds. The maximum Gasteiger partial charge on any atom is 0.164 e. The topological polar surface area (TPSA) is 51.8 Å². The van der Waals surface area contributed by atoms with Gasteiger partial charge in [0, 0.05) is 27.5 Å². The Morgan fingerprint density at radius 3 is 1.26 bits per heavy atom. The maximum atomic E-state index is 6.29. The summed E-state index contributed by atoms with van der Waals surface area (Å²) in [6, 6.07) is 84.9. The van der Waals surface area contributed by atoms with Gasteiger partial charge in [-0.3, -0.25) is 0 Å². The SMILES string of the molecule is c1ccc(-c2cc(-c3ccccc3)cc(-c3nc(-c4ccc5c(c4)-c4ccccc4-c4ccccc4C54c5ccccc5-c5ccccc54)nc(-c4ccc5oc6ccccc6c5c4)n3)c2)cc1. The monoisotopic (exact) mass is 865 g/mol. The highest BCUT2D eigenvalue weighted by molar-refractivity contribution is 6.06. The summed E-state index contributed by atoms with van der Waals surface area (Å²) in [6.45, 7) is 0. The molecule has 0 bridgehead atoms. The first kappa shape index (κ1) is 38.3. The number of hydrogen-bond acceptors (Lipinski definition) is 4. The van der Waals surface area contributed by atoms with E-state index in [9.17, 15) is 0 Å². The lowest BCUT2D eigenvalue weighted by molar-refractivity contribution is 0.669. The Morgan fingerprint density at radius 1 is 0.250 bits per heavy atom. The summed E-state index contributed by atoms with van der Waals surface area (Å²) < 4.78 is 6.29. The number of para-hydroxylation sites is 1. The Kier molecular flexibility index (Phi) is 8.46. The highest BCUT2D eigenvalue weighted by atomic mass is 16.3. The number of rotatable bonds is 5. The van der Waals surface area contributed by atoms with Crippen molar-refractivity contribution in [3.63, 3.8) is 0 Å². The smallest absolute Gasteiger partial charge is 0.164 e. The molecule has 68 heavy (non-hydrogen) atoms. The first-order valence-electron chi connectivity index (χ1n) is 23.2. The summed E-state index contributed by atoms with van der Waals surface area (Å²) in [7, 11) is 0. The van der Waals surface area contributed by atoms with Gasteiger partial charge < -0.3 is 4.42 Å². The van der Waals surface area contributed by atoms with Crippen LogP contribution in [0.25, 0.3) is 112 Å². The van der Waals surface area contributed by atoms with E-state index in [-0.39, 0.29) is 0 Å². The lowest BCUT2D eigenvalue weighted by Crippen LogP contribution is -2.29. The van der Waals surface area contributed by atoms with Gasteiger partial charge in [-0.05, 0) is 126 Å². The van der Waals surface area contributed by atoms with Crippen LogP contribution in [-0.4, -0.2) is 15.0 Å². The molecule has 0 aliphatic heterocycles. The zero-order chi connectivity index (χ0) is 44.8. The number of nitrogens with zero attached hydrogens (tertiary/aromatic N) is 3. The Balaban J connectivity index is 1.04. The summed E-state index contributed by atoms with van der Waals surface area (Å²) in [5, 5.41) is 2.07. The highest BCUT2D eigenvalue weighted by Crippen LogP contribution is 2.61. The fourth-order valence-corrected chi connectivity index (χ4v) is 11.2. The Morgan fingerprint density at radius 2 is 0.662 bits per heavy atom. The van der Waals surface area contributed by atoms with E-state index < -0.39 is 5.41 Å². The molecule has 2 aliphatic rings. The quantitative estimate of drug-likeness (QED) is 0.173. The number of fused-ring (bicyclic) bond motifs is 15. The lowest BCUT2D eigenvalue weighted by Gasteiger charge is -2.35. The van der Waals surface area contributed by atoms with Crippen LogP contribution in [0.2, 0.25) is 0 Å².